The van der Waals surface area contributed by atoms with Gasteiger partial charge in [0.1, 0.15) is 5.75 Å². The lowest BCUT2D eigenvalue weighted by atomic mass is 10.2. The Balaban J connectivity index is 2.37. The standard InChI is InChI=1S/C14H21NO/c1-3-5-6-10-16-14-9-7-8-13(11-14)12-15-4-2/h3,7-9,11,15H,1,4-6,10,12H2,2H3. The van der Waals surface area contributed by atoms with Crippen molar-refractivity contribution < 1.29 is 4.74 Å². The molecule has 0 aliphatic rings. The van der Waals surface area contributed by atoms with E-state index in [0.717, 1.165) is 38.3 Å². The van der Waals surface area contributed by atoms with E-state index in [9.17, 15) is 0 Å². The molecule has 1 rings (SSSR count). The average molecular weight is 219 g/mol. The quantitative estimate of drug-likeness (QED) is 0.535. The molecule has 0 fully saturated rings. The summed E-state index contributed by atoms with van der Waals surface area (Å²) >= 11 is 0. The van der Waals surface area contributed by atoms with Gasteiger partial charge in [-0.2, -0.15) is 0 Å². The van der Waals surface area contributed by atoms with E-state index in [2.05, 4.69) is 31.0 Å². The Kier molecular flexibility index (Phi) is 6.35. The molecular weight excluding hydrogens is 198 g/mol. The summed E-state index contributed by atoms with van der Waals surface area (Å²) in [6, 6.07) is 8.24. The highest BCUT2D eigenvalue weighted by atomic mass is 16.5. The van der Waals surface area contributed by atoms with E-state index in [1.165, 1.54) is 5.56 Å². The number of hydrogen-bond donors (Lipinski definition) is 1. The van der Waals surface area contributed by atoms with Gasteiger partial charge in [0.2, 0.25) is 0 Å². The van der Waals surface area contributed by atoms with Crippen LogP contribution in [0, 0.1) is 0 Å². The molecule has 0 unspecified atom stereocenters. The molecule has 0 amide bonds. The Morgan fingerprint density at radius 2 is 2.31 bits per heavy atom. The molecule has 0 spiro atoms. The Morgan fingerprint density at radius 1 is 1.44 bits per heavy atom. The van der Waals surface area contributed by atoms with Crippen LogP contribution in [0.5, 0.6) is 5.75 Å². The van der Waals surface area contributed by atoms with Gasteiger partial charge in [0.15, 0.2) is 0 Å². The van der Waals surface area contributed by atoms with Gasteiger partial charge in [-0.15, -0.1) is 6.58 Å². The molecule has 0 aliphatic heterocycles. The molecule has 0 radical (unpaired) electrons. The first kappa shape index (κ1) is 12.8. The summed E-state index contributed by atoms with van der Waals surface area (Å²) in [5, 5.41) is 3.30. The van der Waals surface area contributed by atoms with Crippen LogP contribution < -0.4 is 10.1 Å². The van der Waals surface area contributed by atoms with E-state index < -0.39 is 0 Å². The van der Waals surface area contributed by atoms with Crippen LogP contribution >= 0.6 is 0 Å². The molecule has 2 nitrogen and oxygen atoms in total. The molecule has 0 heterocycles. The average Bonchev–Trinajstić information content (AvgIpc) is 2.33. The van der Waals surface area contributed by atoms with Crippen LogP contribution in [-0.2, 0) is 6.54 Å². The lowest BCUT2D eigenvalue weighted by Crippen LogP contribution is -2.11. The summed E-state index contributed by atoms with van der Waals surface area (Å²) in [4.78, 5) is 0. The van der Waals surface area contributed by atoms with Crippen molar-refractivity contribution in [3.05, 3.63) is 42.5 Å². The highest BCUT2D eigenvalue weighted by molar-refractivity contribution is 5.28. The molecule has 1 N–H and O–H groups in total. The predicted octanol–water partition coefficient (Wildman–Crippen LogP) is 3.14. The first-order chi connectivity index (χ1) is 7.86. The van der Waals surface area contributed by atoms with Crippen LogP contribution in [0.1, 0.15) is 25.3 Å². The molecule has 16 heavy (non-hydrogen) atoms. The fourth-order valence-corrected chi connectivity index (χ4v) is 1.43. The zero-order valence-corrected chi connectivity index (χ0v) is 10.0. The normalized spacial score (nSPS) is 10.1. The molecular formula is C14H21NO. The molecule has 1 aromatic rings. The lowest BCUT2D eigenvalue weighted by Gasteiger charge is -2.07. The SMILES string of the molecule is C=CCCCOc1cccc(CNCC)c1. The Labute approximate surface area is 98.3 Å². The van der Waals surface area contributed by atoms with Gasteiger partial charge in [0, 0.05) is 6.54 Å². The van der Waals surface area contributed by atoms with Gasteiger partial charge >= 0.3 is 0 Å². The first-order valence-electron chi connectivity index (χ1n) is 5.90. The molecule has 2 heteroatoms. The van der Waals surface area contributed by atoms with Gasteiger partial charge < -0.3 is 10.1 Å². The fraction of sp³-hybridized carbons (Fsp3) is 0.429. The van der Waals surface area contributed by atoms with Crippen molar-refractivity contribution in [2.24, 2.45) is 0 Å². The van der Waals surface area contributed by atoms with Gasteiger partial charge in [-0.3, -0.25) is 0 Å². The van der Waals surface area contributed by atoms with Crippen LogP contribution in [0.25, 0.3) is 0 Å². The van der Waals surface area contributed by atoms with E-state index in [4.69, 9.17) is 4.74 Å². The minimum absolute atomic E-state index is 0.761. The van der Waals surface area contributed by atoms with Gasteiger partial charge in [-0.1, -0.05) is 25.1 Å². The fourth-order valence-electron chi connectivity index (χ4n) is 1.43. The predicted molar refractivity (Wildman–Crippen MR) is 68.7 cm³/mol. The number of allylic oxidation sites excluding steroid dienone is 1. The Bertz CT molecular complexity index is 309. The van der Waals surface area contributed by atoms with E-state index in [0.29, 0.717) is 0 Å². The Morgan fingerprint density at radius 3 is 3.06 bits per heavy atom. The monoisotopic (exact) mass is 219 g/mol. The third-order valence-electron chi connectivity index (χ3n) is 2.30. The first-order valence-corrected chi connectivity index (χ1v) is 5.90. The summed E-state index contributed by atoms with van der Waals surface area (Å²) < 4.78 is 5.65. The highest BCUT2D eigenvalue weighted by Gasteiger charge is 1.96. The molecule has 0 aliphatic carbocycles. The van der Waals surface area contributed by atoms with Crippen molar-refractivity contribution in [2.75, 3.05) is 13.2 Å². The van der Waals surface area contributed by atoms with Crippen molar-refractivity contribution in [1.29, 1.82) is 0 Å². The van der Waals surface area contributed by atoms with Crippen LogP contribution in [0.4, 0.5) is 0 Å². The molecule has 0 aromatic heterocycles. The molecule has 0 saturated carbocycles. The second kappa shape index (κ2) is 7.94. The van der Waals surface area contributed by atoms with Crippen LogP contribution in [0.3, 0.4) is 0 Å². The third kappa shape index (κ3) is 4.99. The maximum absolute atomic E-state index is 5.65. The van der Waals surface area contributed by atoms with Crippen molar-refractivity contribution in [1.82, 2.24) is 5.32 Å². The number of rotatable bonds is 8. The van der Waals surface area contributed by atoms with Gasteiger partial charge in [-0.25, -0.2) is 0 Å². The summed E-state index contributed by atoms with van der Waals surface area (Å²) in [7, 11) is 0. The number of ether oxygens (including phenoxy) is 1. The van der Waals surface area contributed by atoms with Crippen LogP contribution in [-0.4, -0.2) is 13.2 Å². The zero-order chi connectivity index (χ0) is 11.6. The summed E-state index contributed by atoms with van der Waals surface area (Å²) in [6.07, 6.45) is 3.96. The number of hydrogen-bond acceptors (Lipinski definition) is 2. The maximum atomic E-state index is 5.65. The number of benzene rings is 1. The van der Waals surface area contributed by atoms with Gasteiger partial charge in [0.25, 0.3) is 0 Å². The molecule has 0 saturated heterocycles. The van der Waals surface area contributed by atoms with Gasteiger partial charge in [-0.05, 0) is 37.1 Å². The highest BCUT2D eigenvalue weighted by Crippen LogP contribution is 2.13. The van der Waals surface area contributed by atoms with Crippen molar-refractivity contribution in [2.45, 2.75) is 26.3 Å². The van der Waals surface area contributed by atoms with E-state index in [1.54, 1.807) is 0 Å². The maximum Gasteiger partial charge on any atom is 0.119 e. The minimum Gasteiger partial charge on any atom is -0.494 e. The lowest BCUT2D eigenvalue weighted by molar-refractivity contribution is 0.312. The minimum atomic E-state index is 0.761. The van der Waals surface area contributed by atoms with Gasteiger partial charge in [0.05, 0.1) is 6.61 Å². The molecule has 0 atom stereocenters. The number of nitrogens with one attached hydrogen (secondary N) is 1. The molecule has 0 bridgehead atoms. The van der Waals surface area contributed by atoms with E-state index >= 15 is 0 Å². The second-order valence-electron chi connectivity index (χ2n) is 3.71. The van der Waals surface area contributed by atoms with Crippen molar-refractivity contribution >= 4 is 0 Å². The largest absolute Gasteiger partial charge is 0.494 e. The molecule has 88 valence electrons. The second-order valence-corrected chi connectivity index (χ2v) is 3.71. The van der Waals surface area contributed by atoms with Crippen molar-refractivity contribution in [3.63, 3.8) is 0 Å². The number of unbranched alkanes of at least 4 members (excludes halogenated alkanes) is 1. The smallest absolute Gasteiger partial charge is 0.119 e. The zero-order valence-electron chi connectivity index (χ0n) is 10.0. The summed E-state index contributed by atoms with van der Waals surface area (Å²) in [6.45, 7) is 8.45. The van der Waals surface area contributed by atoms with E-state index in [1.807, 2.05) is 18.2 Å². The summed E-state index contributed by atoms with van der Waals surface area (Å²) in [5.41, 5.74) is 1.27. The van der Waals surface area contributed by atoms with Crippen molar-refractivity contribution in [3.8, 4) is 5.75 Å². The Hall–Kier alpha value is -1.28. The topological polar surface area (TPSA) is 21.3 Å². The summed E-state index contributed by atoms with van der Waals surface area (Å²) in [5.74, 6) is 0.958. The van der Waals surface area contributed by atoms with Crippen LogP contribution in [0.2, 0.25) is 0 Å². The third-order valence-corrected chi connectivity index (χ3v) is 2.30. The molecule has 1 aromatic carbocycles. The van der Waals surface area contributed by atoms with Crippen LogP contribution in [0.15, 0.2) is 36.9 Å². The van der Waals surface area contributed by atoms with E-state index in [-0.39, 0.29) is 0 Å².